The number of nitrogens with zero attached hydrogens (tertiary/aromatic N) is 1. The highest BCUT2D eigenvalue weighted by Gasteiger charge is 2.49. The number of carbonyl (C=O) groups excluding carboxylic acids is 2. The molecule has 0 radical (unpaired) electrons. The Bertz CT molecular complexity index is 1080. The van der Waals surface area contributed by atoms with E-state index in [4.69, 9.17) is 5.73 Å². The van der Waals surface area contributed by atoms with Crippen LogP contribution in [-0.2, 0) is 11.3 Å². The number of amides is 2. The molecular formula is C28H35N3O4. The topological polar surface area (TPSA) is 116 Å². The van der Waals surface area contributed by atoms with E-state index in [-0.39, 0.29) is 29.6 Å². The molecule has 2 amide bonds. The molecule has 7 nitrogen and oxygen atoms in total. The summed E-state index contributed by atoms with van der Waals surface area (Å²) in [5.74, 6) is -0.300. The molecule has 1 heterocycles. The van der Waals surface area contributed by atoms with Gasteiger partial charge in [0.15, 0.2) is 0 Å². The van der Waals surface area contributed by atoms with Gasteiger partial charge in [-0.3, -0.25) is 9.59 Å². The van der Waals surface area contributed by atoms with Crippen molar-refractivity contribution in [3.8, 4) is 0 Å². The second-order valence-electron chi connectivity index (χ2n) is 10.4. The molecule has 3 saturated carbocycles. The zero-order chi connectivity index (χ0) is 24.5. The van der Waals surface area contributed by atoms with Crippen LogP contribution in [0.3, 0.4) is 0 Å². The number of nitrogens with one attached hydrogen (secondary N) is 1. The van der Waals surface area contributed by atoms with E-state index in [1.54, 1.807) is 24.3 Å². The number of hydrogen-bond acceptors (Lipinski definition) is 5. The summed E-state index contributed by atoms with van der Waals surface area (Å²) in [6.07, 6.45) is 2.46. The lowest BCUT2D eigenvalue weighted by Gasteiger charge is -2.47. The molecule has 1 saturated heterocycles. The van der Waals surface area contributed by atoms with Crippen LogP contribution in [0.2, 0.25) is 0 Å². The number of aliphatic hydroxyl groups excluding tert-OH is 2. The molecule has 35 heavy (non-hydrogen) atoms. The smallest absolute Gasteiger partial charge is 0.253 e. The third-order valence-corrected chi connectivity index (χ3v) is 8.37. The van der Waals surface area contributed by atoms with Gasteiger partial charge in [0.25, 0.3) is 5.91 Å². The lowest BCUT2D eigenvalue weighted by atomic mass is 9.61. The van der Waals surface area contributed by atoms with E-state index in [0.29, 0.717) is 43.2 Å². The minimum atomic E-state index is -0.841. The van der Waals surface area contributed by atoms with Crippen LogP contribution in [0.5, 0.6) is 0 Å². The molecule has 3 aliphatic carbocycles. The van der Waals surface area contributed by atoms with Crippen molar-refractivity contribution in [2.24, 2.45) is 23.5 Å². The van der Waals surface area contributed by atoms with Crippen LogP contribution in [-0.4, -0.2) is 52.2 Å². The molecule has 2 bridgehead atoms. The second kappa shape index (κ2) is 10.1. The highest BCUT2D eigenvalue weighted by molar-refractivity contribution is 5.98. The first-order valence-corrected chi connectivity index (χ1v) is 12.8. The number of benzene rings is 2. The zero-order valence-electron chi connectivity index (χ0n) is 20.0. The van der Waals surface area contributed by atoms with Gasteiger partial charge in [0.2, 0.25) is 5.91 Å². The first-order chi connectivity index (χ1) is 16.9. The first-order valence-electron chi connectivity index (χ1n) is 12.8. The molecule has 5 atom stereocenters. The zero-order valence-corrected chi connectivity index (χ0v) is 20.0. The molecule has 186 valence electrons. The van der Waals surface area contributed by atoms with Crippen LogP contribution in [0, 0.1) is 17.8 Å². The third kappa shape index (κ3) is 4.85. The van der Waals surface area contributed by atoms with Crippen molar-refractivity contribution in [1.29, 1.82) is 0 Å². The summed E-state index contributed by atoms with van der Waals surface area (Å²) < 4.78 is 0. The van der Waals surface area contributed by atoms with Crippen LogP contribution >= 0.6 is 0 Å². The van der Waals surface area contributed by atoms with E-state index in [2.05, 4.69) is 23.5 Å². The Morgan fingerprint density at radius 1 is 0.971 bits per heavy atom. The Balaban J connectivity index is 1.20. The molecule has 4 aliphatic rings. The summed E-state index contributed by atoms with van der Waals surface area (Å²) >= 11 is 0. The fraction of sp³-hybridized carbons (Fsp3) is 0.500. The molecule has 0 aromatic heterocycles. The third-order valence-electron chi connectivity index (χ3n) is 8.37. The van der Waals surface area contributed by atoms with E-state index in [1.165, 1.54) is 5.56 Å². The Morgan fingerprint density at radius 2 is 1.74 bits per heavy atom. The quantitative estimate of drug-likeness (QED) is 0.529. The minimum Gasteiger partial charge on any atom is -0.390 e. The second-order valence-corrected chi connectivity index (χ2v) is 10.4. The van der Waals surface area contributed by atoms with Crippen molar-refractivity contribution in [1.82, 2.24) is 4.90 Å². The van der Waals surface area contributed by atoms with Gasteiger partial charge in [0, 0.05) is 36.8 Å². The van der Waals surface area contributed by atoms with Gasteiger partial charge in [-0.1, -0.05) is 30.3 Å². The number of likely N-dealkylation sites (tertiary alicyclic amines) is 1. The Kier molecular flexibility index (Phi) is 6.91. The van der Waals surface area contributed by atoms with Crippen LogP contribution in [0.25, 0.3) is 0 Å². The Morgan fingerprint density at radius 3 is 2.49 bits per heavy atom. The van der Waals surface area contributed by atoms with Crippen LogP contribution in [0.4, 0.5) is 5.69 Å². The number of aliphatic hydroxyl groups is 2. The lowest BCUT2D eigenvalue weighted by Crippen LogP contribution is -2.54. The predicted octanol–water partition coefficient (Wildman–Crippen LogP) is 2.87. The van der Waals surface area contributed by atoms with Gasteiger partial charge >= 0.3 is 0 Å². The number of fused-ring (bicyclic) bond motifs is 3. The average Bonchev–Trinajstić information content (AvgIpc) is 2.91. The highest BCUT2D eigenvalue weighted by atomic mass is 16.3. The van der Waals surface area contributed by atoms with Gasteiger partial charge in [-0.2, -0.15) is 0 Å². The highest BCUT2D eigenvalue weighted by Crippen LogP contribution is 2.45. The largest absolute Gasteiger partial charge is 0.390 e. The fourth-order valence-corrected chi connectivity index (χ4v) is 6.32. The SMILES string of the molecule is NCc1cccc(C2CCN(C(=O)c3cccc(NC(=O)[C@@H]4CC5CC[C@@H]4[C@@H](O)C5O)c3)CC2)c1. The molecule has 2 unspecified atom stereocenters. The van der Waals surface area contributed by atoms with Crippen LogP contribution in [0.1, 0.15) is 59.5 Å². The summed E-state index contributed by atoms with van der Waals surface area (Å²) in [4.78, 5) is 28.1. The van der Waals surface area contributed by atoms with E-state index in [1.807, 2.05) is 11.0 Å². The average molecular weight is 478 g/mol. The summed E-state index contributed by atoms with van der Waals surface area (Å²) in [5, 5.41) is 23.5. The van der Waals surface area contributed by atoms with Crippen LogP contribution < -0.4 is 11.1 Å². The van der Waals surface area contributed by atoms with E-state index >= 15 is 0 Å². The van der Waals surface area contributed by atoms with Gasteiger partial charge < -0.3 is 26.2 Å². The van der Waals surface area contributed by atoms with Crippen molar-refractivity contribution in [2.45, 2.75) is 56.8 Å². The first kappa shape index (κ1) is 24.0. The number of nitrogens with two attached hydrogens (primary N) is 1. The Hall–Kier alpha value is -2.74. The molecule has 2 aromatic carbocycles. The molecular weight excluding hydrogens is 442 g/mol. The summed E-state index contributed by atoms with van der Waals surface area (Å²) in [6.45, 7) is 1.92. The summed E-state index contributed by atoms with van der Waals surface area (Å²) in [5.41, 5.74) is 9.36. The monoisotopic (exact) mass is 477 g/mol. The fourth-order valence-electron chi connectivity index (χ4n) is 6.32. The molecule has 6 rings (SSSR count). The van der Waals surface area contributed by atoms with Crippen molar-refractivity contribution >= 4 is 17.5 Å². The van der Waals surface area contributed by atoms with Crippen molar-refractivity contribution in [2.75, 3.05) is 18.4 Å². The molecule has 7 heteroatoms. The number of piperidine rings is 1. The van der Waals surface area contributed by atoms with Crippen molar-refractivity contribution in [3.05, 3.63) is 65.2 Å². The summed E-state index contributed by atoms with van der Waals surface area (Å²) in [6, 6.07) is 15.5. The van der Waals surface area contributed by atoms with Gasteiger partial charge in [0.05, 0.1) is 12.2 Å². The van der Waals surface area contributed by atoms with Gasteiger partial charge in [-0.25, -0.2) is 0 Å². The maximum absolute atomic E-state index is 13.2. The van der Waals surface area contributed by atoms with Crippen molar-refractivity contribution in [3.63, 3.8) is 0 Å². The molecule has 2 aromatic rings. The van der Waals surface area contributed by atoms with Gasteiger partial charge in [0.1, 0.15) is 0 Å². The maximum Gasteiger partial charge on any atom is 0.253 e. The molecule has 5 N–H and O–H groups in total. The molecule has 4 fully saturated rings. The van der Waals surface area contributed by atoms with Gasteiger partial charge in [-0.05, 0) is 79.2 Å². The van der Waals surface area contributed by atoms with Crippen LogP contribution in [0.15, 0.2) is 48.5 Å². The standard InChI is InChI=1S/C28H35N3O4/c29-16-17-3-1-4-19(13-17)18-9-11-31(12-10-18)28(35)21-5-2-6-22(14-21)30-27(34)24-15-20-7-8-23(24)26(33)25(20)32/h1-6,13-14,18,20,23-26,32-33H,7-12,15-16,29H2,(H,30,34)/t20?,23-,24+,25?,26+/m0/s1. The summed E-state index contributed by atoms with van der Waals surface area (Å²) in [7, 11) is 0. The van der Waals surface area contributed by atoms with Gasteiger partial charge in [-0.15, -0.1) is 0 Å². The number of hydrogen-bond donors (Lipinski definition) is 4. The number of carbonyl (C=O) groups is 2. The van der Waals surface area contributed by atoms with E-state index in [0.717, 1.165) is 31.2 Å². The molecule has 1 aliphatic heterocycles. The van der Waals surface area contributed by atoms with E-state index < -0.39 is 12.2 Å². The number of rotatable bonds is 5. The maximum atomic E-state index is 13.2. The van der Waals surface area contributed by atoms with Crippen molar-refractivity contribution < 1.29 is 19.8 Å². The molecule has 0 spiro atoms. The Labute approximate surface area is 206 Å². The lowest BCUT2D eigenvalue weighted by molar-refractivity contribution is -0.150. The number of anilines is 1. The predicted molar refractivity (Wildman–Crippen MR) is 134 cm³/mol. The normalized spacial score (nSPS) is 28.7. The minimum absolute atomic E-state index is 0.0227. The van der Waals surface area contributed by atoms with E-state index in [9.17, 15) is 19.8 Å².